The van der Waals surface area contributed by atoms with Gasteiger partial charge in [0.2, 0.25) is 5.95 Å². The van der Waals surface area contributed by atoms with Crippen LogP contribution in [0.25, 0.3) is 5.69 Å². The molecule has 0 amide bonds. The first-order valence-electron chi connectivity index (χ1n) is 12.2. The molecule has 36 heavy (non-hydrogen) atoms. The van der Waals surface area contributed by atoms with Crippen LogP contribution in [0.15, 0.2) is 30.3 Å². The molecule has 2 saturated carbocycles. The van der Waals surface area contributed by atoms with E-state index in [2.05, 4.69) is 10.8 Å². The van der Waals surface area contributed by atoms with E-state index in [9.17, 15) is 4.39 Å². The minimum Gasteiger partial charge on any atom is -0.496 e. The summed E-state index contributed by atoms with van der Waals surface area (Å²) in [6.45, 7) is 4.09. The molecule has 8 heteroatoms. The van der Waals surface area contributed by atoms with Crippen molar-refractivity contribution in [1.29, 1.82) is 0 Å². The fourth-order valence-electron chi connectivity index (χ4n) is 4.60. The van der Waals surface area contributed by atoms with E-state index in [1.54, 1.807) is 20.1 Å². The fraction of sp³-hybridized carbons (Fsp3) is 0.429. The highest BCUT2D eigenvalue weighted by atomic mass is 79.9. The van der Waals surface area contributed by atoms with Crippen LogP contribution in [0.2, 0.25) is 5.02 Å². The average molecular weight is 574 g/mol. The first-order valence-corrected chi connectivity index (χ1v) is 12.5. The monoisotopic (exact) mass is 572 g/mol. The van der Waals surface area contributed by atoms with Crippen molar-refractivity contribution in [3.05, 3.63) is 63.7 Å². The molecule has 3 aromatic rings. The van der Waals surface area contributed by atoms with Gasteiger partial charge < -0.3 is 9.64 Å². The highest BCUT2D eigenvalue weighted by molar-refractivity contribution is 8.93. The molecule has 1 aromatic heterocycles. The minimum atomic E-state index is -0.207. The smallest absolute Gasteiger partial charge is 0.246 e. The molecule has 0 spiro atoms. The van der Waals surface area contributed by atoms with Gasteiger partial charge in [-0.05, 0) is 67.9 Å². The Labute approximate surface area is 227 Å². The van der Waals surface area contributed by atoms with Gasteiger partial charge in [0.05, 0.1) is 30.4 Å². The number of halogens is 3. The maximum atomic E-state index is 14.6. The summed E-state index contributed by atoms with van der Waals surface area (Å²) in [6.07, 6.45) is 11.2. The van der Waals surface area contributed by atoms with Crippen LogP contribution < -0.4 is 9.64 Å². The molecule has 2 aromatic carbocycles. The third-order valence-electron chi connectivity index (χ3n) is 6.98. The lowest BCUT2D eigenvalue weighted by atomic mass is 9.98. The molecule has 1 heterocycles. The second-order valence-electron chi connectivity index (χ2n) is 9.76. The molecular formula is C28H31BrClFN4O. The standard InChI is InChI=1S/C28H30ClFN4O.BrH/c1-5-12-33(24(14-19-7-8-19)21-9-6-17(2)23(30)15-21)28-31-27(20-10-11-20)34(32-28)25-13-18(3)26(35-4)16-22(25)29;/h1,6,9,13,15-16,19-20,24H,7-8,10-12,14H2,2-4H3;1H. The lowest BCUT2D eigenvalue weighted by Crippen LogP contribution is -2.31. The average Bonchev–Trinajstić information content (AvgIpc) is 3.78. The molecule has 0 bridgehead atoms. The number of hydrogen-bond acceptors (Lipinski definition) is 4. The van der Waals surface area contributed by atoms with Crippen molar-refractivity contribution in [3.8, 4) is 23.8 Å². The number of aryl methyl sites for hydroxylation is 2. The summed E-state index contributed by atoms with van der Waals surface area (Å²) in [5.41, 5.74) is 3.27. The van der Waals surface area contributed by atoms with Crippen molar-refractivity contribution in [2.45, 2.75) is 57.9 Å². The van der Waals surface area contributed by atoms with Gasteiger partial charge >= 0.3 is 0 Å². The van der Waals surface area contributed by atoms with E-state index in [-0.39, 0.29) is 28.8 Å². The molecule has 2 aliphatic carbocycles. The van der Waals surface area contributed by atoms with E-state index in [0.717, 1.165) is 47.7 Å². The van der Waals surface area contributed by atoms with Crippen molar-refractivity contribution < 1.29 is 9.13 Å². The van der Waals surface area contributed by atoms with E-state index in [1.807, 2.05) is 35.9 Å². The summed E-state index contributed by atoms with van der Waals surface area (Å²) < 4.78 is 21.9. The van der Waals surface area contributed by atoms with Crippen molar-refractivity contribution in [2.24, 2.45) is 5.92 Å². The Kier molecular flexibility index (Phi) is 7.96. The molecule has 5 rings (SSSR count). The first kappa shape index (κ1) is 26.5. The molecule has 1 atom stereocenters. The molecule has 0 aliphatic heterocycles. The van der Waals surface area contributed by atoms with Gasteiger partial charge in [-0.1, -0.05) is 42.5 Å². The summed E-state index contributed by atoms with van der Waals surface area (Å²) in [7, 11) is 1.63. The molecule has 0 saturated heterocycles. The van der Waals surface area contributed by atoms with Crippen molar-refractivity contribution in [2.75, 3.05) is 18.6 Å². The number of ether oxygens (including phenoxy) is 1. The molecule has 190 valence electrons. The Morgan fingerprint density at radius 2 is 1.94 bits per heavy atom. The summed E-state index contributed by atoms with van der Waals surface area (Å²) in [5.74, 6) is 5.69. The van der Waals surface area contributed by atoms with Gasteiger partial charge in [0, 0.05) is 12.0 Å². The quantitative estimate of drug-likeness (QED) is 0.256. The number of rotatable bonds is 9. The number of anilines is 1. The highest BCUT2D eigenvalue weighted by Crippen LogP contribution is 2.44. The number of aromatic nitrogens is 3. The summed E-state index contributed by atoms with van der Waals surface area (Å²) in [6, 6.07) is 9.15. The van der Waals surface area contributed by atoms with Crippen LogP contribution in [0.3, 0.4) is 0 Å². The van der Waals surface area contributed by atoms with Gasteiger partial charge in [0.1, 0.15) is 17.4 Å². The SMILES string of the molecule is Br.C#CCN(c1nc(C2CC2)n(-c2cc(C)c(OC)cc2Cl)n1)C(CC1CC1)c1ccc(C)c(F)c1. The van der Waals surface area contributed by atoms with Crippen molar-refractivity contribution in [3.63, 3.8) is 0 Å². The van der Waals surface area contributed by atoms with Crippen LogP contribution in [0.4, 0.5) is 10.3 Å². The molecule has 2 fully saturated rings. The zero-order chi connectivity index (χ0) is 24.7. The molecule has 5 nitrogen and oxygen atoms in total. The fourth-order valence-corrected chi connectivity index (χ4v) is 4.83. The van der Waals surface area contributed by atoms with Crippen LogP contribution in [-0.2, 0) is 0 Å². The van der Waals surface area contributed by atoms with E-state index < -0.39 is 0 Å². The number of methoxy groups -OCH3 is 1. The van der Waals surface area contributed by atoms with Gasteiger partial charge in [-0.15, -0.1) is 28.5 Å². The number of nitrogens with zero attached hydrogens (tertiary/aromatic N) is 4. The van der Waals surface area contributed by atoms with Crippen LogP contribution in [-0.4, -0.2) is 28.4 Å². The van der Waals surface area contributed by atoms with Crippen LogP contribution in [0.5, 0.6) is 5.75 Å². The topological polar surface area (TPSA) is 43.2 Å². The Balaban J connectivity index is 0.00000304. The highest BCUT2D eigenvalue weighted by Gasteiger charge is 2.35. The Morgan fingerprint density at radius 1 is 1.19 bits per heavy atom. The van der Waals surface area contributed by atoms with Crippen LogP contribution in [0, 0.1) is 37.9 Å². The predicted octanol–water partition coefficient (Wildman–Crippen LogP) is 7.12. The van der Waals surface area contributed by atoms with Crippen LogP contribution in [0.1, 0.15) is 66.6 Å². The van der Waals surface area contributed by atoms with E-state index >= 15 is 0 Å². The maximum absolute atomic E-state index is 14.6. The Hall–Kier alpha value is -2.56. The third kappa shape index (κ3) is 5.40. The zero-order valence-corrected chi connectivity index (χ0v) is 23.3. The Bertz CT molecular complexity index is 1300. The molecule has 2 aliphatic rings. The maximum Gasteiger partial charge on any atom is 0.246 e. The van der Waals surface area contributed by atoms with Crippen LogP contribution >= 0.6 is 28.6 Å². The Morgan fingerprint density at radius 3 is 2.56 bits per heavy atom. The van der Waals surface area contributed by atoms with E-state index in [1.165, 1.54) is 12.8 Å². The van der Waals surface area contributed by atoms with Crippen molar-refractivity contribution in [1.82, 2.24) is 14.8 Å². The zero-order valence-electron chi connectivity index (χ0n) is 20.8. The number of benzene rings is 2. The molecular weight excluding hydrogens is 543 g/mol. The normalized spacial score (nSPS) is 15.7. The summed E-state index contributed by atoms with van der Waals surface area (Å²) in [5, 5.41) is 5.49. The minimum absolute atomic E-state index is 0. The number of terminal acetylenes is 1. The lowest BCUT2D eigenvalue weighted by molar-refractivity contribution is 0.411. The first-order chi connectivity index (χ1) is 16.9. The second-order valence-corrected chi connectivity index (χ2v) is 10.2. The van der Waals surface area contributed by atoms with E-state index in [4.69, 9.17) is 32.8 Å². The molecule has 1 unspecified atom stereocenters. The predicted molar refractivity (Wildman–Crippen MR) is 147 cm³/mol. The number of hydrogen-bond donors (Lipinski definition) is 0. The van der Waals surface area contributed by atoms with E-state index in [0.29, 0.717) is 34.9 Å². The van der Waals surface area contributed by atoms with Gasteiger partial charge in [0.25, 0.3) is 0 Å². The third-order valence-corrected chi connectivity index (χ3v) is 7.29. The lowest BCUT2D eigenvalue weighted by Gasteiger charge is -2.30. The summed E-state index contributed by atoms with van der Waals surface area (Å²) in [4.78, 5) is 7.04. The van der Waals surface area contributed by atoms with Crippen molar-refractivity contribution >= 4 is 34.5 Å². The molecule has 0 radical (unpaired) electrons. The second kappa shape index (κ2) is 10.8. The van der Waals surface area contributed by atoms with Gasteiger partial charge in [0.15, 0.2) is 0 Å². The van der Waals surface area contributed by atoms with Gasteiger partial charge in [-0.2, -0.15) is 4.98 Å². The molecule has 0 N–H and O–H groups in total. The summed E-state index contributed by atoms with van der Waals surface area (Å²) >= 11 is 6.67. The van der Waals surface area contributed by atoms with Gasteiger partial charge in [-0.3, -0.25) is 0 Å². The largest absolute Gasteiger partial charge is 0.496 e. The van der Waals surface area contributed by atoms with Gasteiger partial charge in [-0.25, -0.2) is 9.07 Å².